The van der Waals surface area contributed by atoms with Gasteiger partial charge in [-0.15, -0.1) is 0 Å². The second-order valence-corrected chi connectivity index (χ2v) is 12.1. The van der Waals surface area contributed by atoms with Crippen LogP contribution in [0, 0.1) is 0 Å². The van der Waals surface area contributed by atoms with Gasteiger partial charge in [0.25, 0.3) is 0 Å². The van der Waals surface area contributed by atoms with Crippen molar-refractivity contribution in [3.8, 4) is 0 Å². The van der Waals surface area contributed by atoms with E-state index in [0.29, 0.717) is 0 Å². The van der Waals surface area contributed by atoms with Gasteiger partial charge in [-0.3, -0.25) is 0 Å². The van der Waals surface area contributed by atoms with Crippen molar-refractivity contribution >= 4 is 14.2 Å². The Balaban J connectivity index is 5.31. The van der Waals surface area contributed by atoms with E-state index in [1.165, 1.54) is 76.0 Å². The van der Waals surface area contributed by atoms with Crippen LogP contribution in [0.4, 0.5) is 0 Å². The number of unbranched alkanes of at least 4 members (excludes halogenated alkanes) is 4. The van der Waals surface area contributed by atoms with E-state index in [2.05, 4.69) is 27.7 Å². The van der Waals surface area contributed by atoms with Gasteiger partial charge in [0.05, 0.1) is 0 Å². The summed E-state index contributed by atoms with van der Waals surface area (Å²) in [4.78, 5) is 0. The van der Waals surface area contributed by atoms with Crippen LogP contribution in [-0.4, -0.2) is 32.0 Å². The molecule has 0 aromatic rings. The maximum atomic E-state index is 11.3. The molecule has 0 aliphatic rings. The first-order chi connectivity index (χ1) is 9.62. The summed E-state index contributed by atoms with van der Waals surface area (Å²) in [5, 5.41) is 0. The fourth-order valence-electron chi connectivity index (χ4n) is 3.24. The Labute approximate surface area is 127 Å². The summed E-state index contributed by atoms with van der Waals surface area (Å²) in [7, 11) is 0.786. The van der Waals surface area contributed by atoms with Crippen LogP contribution >= 0.6 is 6.83 Å². The molecule has 120 valence electrons. The molecule has 20 heavy (non-hydrogen) atoms. The zero-order valence-corrected chi connectivity index (χ0v) is 15.2. The SMILES string of the molecule is CCCCP(CCCC)(CCCC)(CCCC)OB=O. The quantitative estimate of drug-likeness (QED) is 0.307. The third-order valence-corrected chi connectivity index (χ3v) is 11.1. The molecule has 0 aliphatic carbocycles. The topological polar surface area (TPSA) is 26.3 Å². The normalized spacial score (nSPS) is 13.5. The molecule has 0 rings (SSSR count). The van der Waals surface area contributed by atoms with E-state index in [-0.39, 0.29) is 0 Å². The van der Waals surface area contributed by atoms with E-state index < -0.39 is 6.83 Å². The predicted molar refractivity (Wildman–Crippen MR) is 93.5 cm³/mol. The van der Waals surface area contributed by atoms with E-state index in [1.807, 2.05) is 0 Å². The molecule has 0 saturated heterocycles. The van der Waals surface area contributed by atoms with Crippen molar-refractivity contribution in [3.05, 3.63) is 0 Å². The van der Waals surface area contributed by atoms with Gasteiger partial charge in [0.2, 0.25) is 0 Å². The Kier molecular flexibility index (Phi) is 10.8. The van der Waals surface area contributed by atoms with Gasteiger partial charge in [-0.05, 0) is 0 Å². The van der Waals surface area contributed by atoms with Gasteiger partial charge in [0.1, 0.15) is 0 Å². The summed E-state index contributed by atoms with van der Waals surface area (Å²) >= 11 is 0. The second kappa shape index (κ2) is 10.8. The predicted octanol–water partition coefficient (Wildman–Crippen LogP) is 5.64. The van der Waals surface area contributed by atoms with Crippen LogP contribution in [0.2, 0.25) is 0 Å². The van der Waals surface area contributed by atoms with Crippen LogP contribution in [0.1, 0.15) is 79.1 Å². The van der Waals surface area contributed by atoms with Crippen molar-refractivity contribution in [1.29, 1.82) is 0 Å². The molecular formula is C16H36BO2P. The minimum atomic E-state index is -2.28. The molecule has 0 aromatic carbocycles. The van der Waals surface area contributed by atoms with Crippen LogP contribution in [-0.2, 0) is 9.15 Å². The van der Waals surface area contributed by atoms with Crippen molar-refractivity contribution in [2.75, 3.05) is 24.6 Å². The Bertz CT molecular complexity index is 215. The van der Waals surface area contributed by atoms with Crippen molar-refractivity contribution < 1.29 is 9.15 Å². The molecular weight excluding hydrogens is 266 g/mol. The molecule has 0 aromatic heterocycles. The van der Waals surface area contributed by atoms with Crippen LogP contribution in [0.25, 0.3) is 0 Å². The first-order valence-electron chi connectivity index (χ1n) is 8.75. The molecule has 0 amide bonds. The molecule has 0 bridgehead atoms. The van der Waals surface area contributed by atoms with Gasteiger partial charge < -0.3 is 0 Å². The van der Waals surface area contributed by atoms with Gasteiger partial charge in [0, 0.05) is 0 Å². The van der Waals surface area contributed by atoms with E-state index >= 15 is 0 Å². The van der Waals surface area contributed by atoms with Crippen LogP contribution in [0.5, 0.6) is 0 Å². The molecule has 0 N–H and O–H groups in total. The Morgan fingerprint density at radius 2 is 1.00 bits per heavy atom. The van der Waals surface area contributed by atoms with Crippen molar-refractivity contribution in [2.24, 2.45) is 0 Å². The van der Waals surface area contributed by atoms with Gasteiger partial charge in [-0.25, -0.2) is 0 Å². The molecule has 0 saturated carbocycles. The summed E-state index contributed by atoms with van der Waals surface area (Å²) in [6.45, 7) is 6.68. The Morgan fingerprint density at radius 3 is 1.20 bits per heavy atom. The Morgan fingerprint density at radius 1 is 0.700 bits per heavy atom. The van der Waals surface area contributed by atoms with Crippen molar-refractivity contribution in [2.45, 2.75) is 79.1 Å². The molecule has 4 heteroatoms. The van der Waals surface area contributed by atoms with Crippen molar-refractivity contribution in [1.82, 2.24) is 0 Å². The third kappa shape index (κ3) is 6.25. The summed E-state index contributed by atoms with van der Waals surface area (Å²) in [6, 6.07) is 0. The van der Waals surface area contributed by atoms with Gasteiger partial charge in [-0.2, -0.15) is 0 Å². The van der Waals surface area contributed by atoms with Gasteiger partial charge in [0.15, 0.2) is 0 Å². The summed E-state index contributed by atoms with van der Waals surface area (Å²) in [5.74, 6) is 0. The molecule has 0 spiro atoms. The molecule has 0 radical (unpaired) electrons. The molecule has 0 unspecified atom stereocenters. The number of rotatable bonds is 14. The minimum absolute atomic E-state index is 0.786. The number of hydrogen-bond donors (Lipinski definition) is 0. The second-order valence-electron chi connectivity index (χ2n) is 6.37. The fraction of sp³-hybridized carbons (Fsp3) is 1.00. The van der Waals surface area contributed by atoms with Crippen LogP contribution in [0.3, 0.4) is 0 Å². The molecule has 0 aliphatic heterocycles. The third-order valence-electron chi connectivity index (χ3n) is 4.65. The molecule has 0 atom stereocenters. The summed E-state index contributed by atoms with van der Waals surface area (Å²) < 4.78 is 17.4. The molecule has 0 heterocycles. The van der Waals surface area contributed by atoms with Gasteiger partial charge in [-0.1, -0.05) is 0 Å². The standard InChI is InChI=1S/C16H36BO2P/c1-5-9-13-20(19-17-18,14-10-6-2,15-11-7-3)16-12-8-4/h5-16H2,1-4H3. The van der Waals surface area contributed by atoms with Gasteiger partial charge >= 0.3 is 127 Å². The zero-order chi connectivity index (χ0) is 15.3. The first-order valence-corrected chi connectivity index (χ1v) is 11.6. The van der Waals surface area contributed by atoms with E-state index in [9.17, 15) is 4.70 Å². The fourth-order valence-corrected chi connectivity index (χ4v) is 9.71. The van der Waals surface area contributed by atoms with E-state index in [0.717, 1.165) is 7.35 Å². The molecule has 2 nitrogen and oxygen atoms in total. The summed E-state index contributed by atoms with van der Waals surface area (Å²) in [5.41, 5.74) is 0. The zero-order valence-electron chi connectivity index (χ0n) is 14.3. The average Bonchev–Trinajstić information content (AvgIpc) is 2.48. The monoisotopic (exact) mass is 302 g/mol. The maximum absolute atomic E-state index is 11.3. The first kappa shape index (κ1) is 20.1. The Hall–Kier alpha value is 0.0949. The molecule has 0 fully saturated rings. The van der Waals surface area contributed by atoms with Crippen molar-refractivity contribution in [3.63, 3.8) is 0 Å². The van der Waals surface area contributed by atoms with Crippen LogP contribution in [0.15, 0.2) is 0 Å². The summed E-state index contributed by atoms with van der Waals surface area (Å²) in [6.07, 6.45) is 14.3. The average molecular weight is 302 g/mol. The number of hydrogen-bond acceptors (Lipinski definition) is 2. The van der Waals surface area contributed by atoms with Crippen LogP contribution < -0.4 is 0 Å². The van der Waals surface area contributed by atoms with E-state index in [4.69, 9.17) is 4.44 Å². The van der Waals surface area contributed by atoms with E-state index in [1.54, 1.807) is 0 Å².